The van der Waals surface area contributed by atoms with Gasteiger partial charge < -0.3 is 15.0 Å². The van der Waals surface area contributed by atoms with E-state index in [9.17, 15) is 9.90 Å². The van der Waals surface area contributed by atoms with Gasteiger partial charge in [0.05, 0.1) is 0 Å². The molecule has 12 heavy (non-hydrogen) atoms. The quantitative estimate of drug-likeness (QED) is 0.515. The summed E-state index contributed by atoms with van der Waals surface area (Å²) in [5.41, 5.74) is 0.449. The topological polar surface area (TPSA) is 57.5 Å². The molecular formula is C9H10O3. The highest BCUT2D eigenvalue weighted by molar-refractivity contribution is 5.64. The molecular weight excluding hydrogens is 156 g/mol. The van der Waals surface area contributed by atoms with Gasteiger partial charge >= 0.3 is 0 Å². The van der Waals surface area contributed by atoms with E-state index in [0.717, 1.165) is 0 Å². The van der Waals surface area contributed by atoms with Crippen molar-refractivity contribution >= 4 is 6.29 Å². The van der Waals surface area contributed by atoms with E-state index in [-0.39, 0.29) is 11.5 Å². The molecule has 0 aliphatic carbocycles. The molecule has 1 aromatic carbocycles. The van der Waals surface area contributed by atoms with Gasteiger partial charge in [0, 0.05) is 11.5 Å². The Morgan fingerprint density at radius 2 is 2.08 bits per heavy atom. The lowest BCUT2D eigenvalue weighted by atomic mass is 10.0. The summed E-state index contributed by atoms with van der Waals surface area (Å²) < 4.78 is 0. The highest BCUT2D eigenvalue weighted by atomic mass is 16.3. The number of benzene rings is 1. The van der Waals surface area contributed by atoms with Crippen LogP contribution in [0.5, 0.6) is 11.5 Å². The largest absolute Gasteiger partial charge is 0.508 e. The van der Waals surface area contributed by atoms with Crippen molar-refractivity contribution in [3.63, 3.8) is 0 Å². The number of rotatable bonds is 2. The molecule has 2 N–H and O–H groups in total. The van der Waals surface area contributed by atoms with Crippen LogP contribution in [-0.2, 0) is 4.79 Å². The molecule has 3 heteroatoms. The number of hydrogen-bond donors (Lipinski definition) is 2. The maximum Gasteiger partial charge on any atom is 0.127 e. The Balaban J connectivity index is 3.12. The van der Waals surface area contributed by atoms with Gasteiger partial charge in [0.1, 0.15) is 17.8 Å². The summed E-state index contributed by atoms with van der Waals surface area (Å²) in [6.45, 7) is 1.65. The van der Waals surface area contributed by atoms with E-state index in [2.05, 4.69) is 0 Å². The van der Waals surface area contributed by atoms with Crippen molar-refractivity contribution in [2.45, 2.75) is 12.8 Å². The summed E-state index contributed by atoms with van der Waals surface area (Å²) in [6.07, 6.45) is 0.717. The molecule has 0 radical (unpaired) electrons. The van der Waals surface area contributed by atoms with Crippen LogP contribution in [-0.4, -0.2) is 16.5 Å². The van der Waals surface area contributed by atoms with Crippen molar-refractivity contribution in [1.29, 1.82) is 0 Å². The summed E-state index contributed by atoms with van der Waals surface area (Å²) in [6, 6.07) is 4.12. The Morgan fingerprint density at radius 3 is 2.67 bits per heavy atom. The molecule has 1 aromatic rings. The van der Waals surface area contributed by atoms with Gasteiger partial charge in [0.15, 0.2) is 0 Å². The molecule has 1 unspecified atom stereocenters. The first-order valence-corrected chi connectivity index (χ1v) is 3.62. The van der Waals surface area contributed by atoms with Gasteiger partial charge in [0.2, 0.25) is 0 Å². The third-order valence-electron chi connectivity index (χ3n) is 1.71. The Labute approximate surface area is 70.3 Å². The van der Waals surface area contributed by atoms with Gasteiger partial charge in [-0.25, -0.2) is 0 Å². The zero-order valence-electron chi connectivity index (χ0n) is 6.69. The van der Waals surface area contributed by atoms with Crippen molar-refractivity contribution in [3.8, 4) is 11.5 Å². The molecule has 0 aliphatic heterocycles. The van der Waals surface area contributed by atoms with Crippen LogP contribution in [0.2, 0.25) is 0 Å². The number of phenolic OH excluding ortho intramolecular Hbond substituents is 2. The van der Waals surface area contributed by atoms with Gasteiger partial charge in [-0.05, 0) is 18.2 Å². The molecule has 0 amide bonds. The summed E-state index contributed by atoms with van der Waals surface area (Å²) in [5.74, 6) is -0.305. The third kappa shape index (κ3) is 1.56. The minimum Gasteiger partial charge on any atom is -0.508 e. The number of aromatic hydroxyl groups is 2. The molecule has 0 heterocycles. The number of hydrogen-bond acceptors (Lipinski definition) is 3. The molecule has 0 saturated heterocycles. The molecule has 0 fully saturated rings. The van der Waals surface area contributed by atoms with Crippen LogP contribution in [0.25, 0.3) is 0 Å². The van der Waals surface area contributed by atoms with Gasteiger partial charge in [-0.15, -0.1) is 0 Å². The van der Waals surface area contributed by atoms with E-state index in [1.807, 2.05) is 0 Å². The van der Waals surface area contributed by atoms with E-state index in [0.29, 0.717) is 11.8 Å². The molecule has 0 spiro atoms. The summed E-state index contributed by atoms with van der Waals surface area (Å²) in [5, 5.41) is 18.3. The number of carbonyl (C=O) groups excluding carboxylic acids is 1. The maximum absolute atomic E-state index is 10.4. The summed E-state index contributed by atoms with van der Waals surface area (Å²) >= 11 is 0. The fourth-order valence-electron chi connectivity index (χ4n) is 0.980. The summed E-state index contributed by atoms with van der Waals surface area (Å²) in [7, 11) is 0. The average Bonchev–Trinajstić information content (AvgIpc) is 2.08. The lowest BCUT2D eigenvalue weighted by molar-refractivity contribution is -0.108. The van der Waals surface area contributed by atoms with Crippen LogP contribution in [0, 0.1) is 0 Å². The van der Waals surface area contributed by atoms with Crippen LogP contribution < -0.4 is 0 Å². The highest BCUT2D eigenvalue weighted by Crippen LogP contribution is 2.27. The zero-order valence-corrected chi connectivity index (χ0v) is 6.69. The van der Waals surface area contributed by atoms with Gasteiger partial charge in [-0.3, -0.25) is 0 Å². The number of phenols is 2. The van der Waals surface area contributed by atoms with Gasteiger partial charge in [-0.1, -0.05) is 6.92 Å². The van der Waals surface area contributed by atoms with Crippen molar-refractivity contribution in [1.82, 2.24) is 0 Å². The molecule has 64 valence electrons. The maximum atomic E-state index is 10.4. The lowest BCUT2D eigenvalue weighted by Crippen LogP contribution is -1.94. The van der Waals surface area contributed by atoms with E-state index >= 15 is 0 Å². The second-order valence-electron chi connectivity index (χ2n) is 2.67. The van der Waals surface area contributed by atoms with Crippen molar-refractivity contribution in [2.75, 3.05) is 0 Å². The second kappa shape index (κ2) is 3.26. The zero-order chi connectivity index (χ0) is 9.14. The first-order valence-electron chi connectivity index (χ1n) is 3.62. The molecule has 0 aromatic heterocycles. The van der Waals surface area contributed by atoms with Gasteiger partial charge in [0.25, 0.3) is 0 Å². The highest BCUT2D eigenvalue weighted by Gasteiger charge is 2.09. The minimum absolute atomic E-state index is 0.0346. The van der Waals surface area contributed by atoms with Gasteiger partial charge in [-0.2, -0.15) is 0 Å². The predicted octanol–water partition coefficient (Wildman–Crippen LogP) is 1.40. The molecule has 0 saturated carbocycles. The SMILES string of the molecule is CC(C=O)c1cc(O)ccc1O. The molecule has 3 nitrogen and oxygen atoms in total. The third-order valence-corrected chi connectivity index (χ3v) is 1.71. The Morgan fingerprint density at radius 1 is 1.42 bits per heavy atom. The summed E-state index contributed by atoms with van der Waals surface area (Å²) in [4.78, 5) is 10.4. The van der Waals surface area contributed by atoms with Crippen molar-refractivity contribution < 1.29 is 15.0 Å². The second-order valence-corrected chi connectivity index (χ2v) is 2.67. The van der Waals surface area contributed by atoms with Crippen molar-refractivity contribution in [2.24, 2.45) is 0 Å². The van der Waals surface area contributed by atoms with Crippen LogP contribution >= 0.6 is 0 Å². The smallest absolute Gasteiger partial charge is 0.127 e. The number of aldehydes is 1. The van der Waals surface area contributed by atoms with E-state index in [1.54, 1.807) is 6.92 Å². The van der Waals surface area contributed by atoms with Crippen LogP contribution in [0.3, 0.4) is 0 Å². The Bertz CT molecular complexity index is 294. The average molecular weight is 166 g/mol. The fourth-order valence-corrected chi connectivity index (χ4v) is 0.980. The standard InChI is InChI=1S/C9H10O3/c1-6(5-10)8-4-7(11)2-3-9(8)12/h2-6,11-12H,1H3. The molecule has 0 bridgehead atoms. The van der Waals surface area contributed by atoms with E-state index in [4.69, 9.17) is 5.11 Å². The fraction of sp³-hybridized carbons (Fsp3) is 0.222. The number of carbonyl (C=O) groups is 1. The van der Waals surface area contributed by atoms with Crippen LogP contribution in [0.4, 0.5) is 0 Å². The van der Waals surface area contributed by atoms with E-state index in [1.165, 1.54) is 18.2 Å². The first-order chi connectivity index (χ1) is 5.65. The Kier molecular flexibility index (Phi) is 2.33. The normalized spacial score (nSPS) is 12.4. The lowest BCUT2D eigenvalue weighted by Gasteiger charge is -2.06. The minimum atomic E-state index is -0.392. The van der Waals surface area contributed by atoms with Crippen molar-refractivity contribution in [3.05, 3.63) is 23.8 Å². The predicted molar refractivity (Wildman–Crippen MR) is 44.3 cm³/mol. The Hall–Kier alpha value is -1.51. The van der Waals surface area contributed by atoms with Crippen LogP contribution in [0.1, 0.15) is 18.4 Å². The van der Waals surface area contributed by atoms with E-state index < -0.39 is 5.92 Å². The monoisotopic (exact) mass is 166 g/mol. The molecule has 0 aliphatic rings. The molecule has 1 rings (SSSR count). The first kappa shape index (κ1) is 8.59. The van der Waals surface area contributed by atoms with Crippen LogP contribution in [0.15, 0.2) is 18.2 Å². The molecule has 1 atom stereocenters.